The minimum absolute atomic E-state index is 0.124. The van der Waals surface area contributed by atoms with Gasteiger partial charge in [-0.25, -0.2) is 0 Å². The summed E-state index contributed by atoms with van der Waals surface area (Å²) in [7, 11) is 0. The average Bonchev–Trinajstić information content (AvgIpc) is 3.51. The van der Waals surface area contributed by atoms with Crippen LogP contribution in [0.3, 0.4) is 0 Å². The second kappa shape index (κ2) is 15.0. The Labute approximate surface area is 289 Å². The fourth-order valence-electron chi connectivity index (χ4n) is 11.5. The van der Waals surface area contributed by atoms with Crippen molar-refractivity contribution in [3.8, 4) is 0 Å². The first kappa shape index (κ1) is 33.8. The summed E-state index contributed by atoms with van der Waals surface area (Å²) in [5.74, 6) is 4.59. The highest BCUT2D eigenvalue weighted by Crippen LogP contribution is 2.60. The van der Waals surface area contributed by atoms with Crippen LogP contribution >= 0.6 is 11.8 Å². The van der Waals surface area contributed by atoms with Crippen LogP contribution in [0.1, 0.15) is 152 Å². The zero-order valence-electron chi connectivity index (χ0n) is 29.0. The quantitative estimate of drug-likeness (QED) is 0.134. The molecule has 5 atom stereocenters. The van der Waals surface area contributed by atoms with Crippen LogP contribution in [0.4, 0.5) is 5.69 Å². The van der Waals surface area contributed by atoms with Crippen molar-refractivity contribution in [3.63, 3.8) is 0 Å². The van der Waals surface area contributed by atoms with Crippen LogP contribution in [0.2, 0.25) is 0 Å². The third-order valence-electron chi connectivity index (χ3n) is 13.8. The highest BCUT2D eigenvalue weighted by Gasteiger charge is 2.55. The van der Waals surface area contributed by atoms with Gasteiger partial charge in [-0.05, 0) is 112 Å². The Morgan fingerprint density at radius 1 is 0.872 bits per heavy atom. The molecule has 0 aromatic heterocycles. The van der Waals surface area contributed by atoms with Gasteiger partial charge in [-0.15, -0.1) is 0 Å². The van der Waals surface area contributed by atoms with E-state index in [4.69, 9.17) is 16.9 Å². The summed E-state index contributed by atoms with van der Waals surface area (Å²) < 4.78 is 0.439. The molecule has 6 N–H and O–H groups in total. The Morgan fingerprint density at radius 3 is 2.26 bits per heavy atom. The molecule has 4 saturated carbocycles. The van der Waals surface area contributed by atoms with E-state index in [0.717, 1.165) is 49.6 Å². The van der Waals surface area contributed by atoms with E-state index in [9.17, 15) is 4.79 Å². The zero-order valence-corrected chi connectivity index (χ0v) is 29.8. The first-order valence-corrected chi connectivity index (χ1v) is 20.9. The van der Waals surface area contributed by atoms with Crippen LogP contribution in [0.5, 0.6) is 0 Å². The molecule has 2 aliphatic heterocycles. The predicted octanol–water partition coefficient (Wildman–Crippen LogP) is 8.25. The van der Waals surface area contributed by atoms with Gasteiger partial charge in [0, 0.05) is 40.5 Å². The summed E-state index contributed by atoms with van der Waals surface area (Å²) in [5, 5.41) is 12.0. The number of anilines is 1. The number of carbonyl (C=O) groups excluding carboxylic acids is 1. The number of nitrogens with one attached hydrogen (secondary N) is 2. The molecule has 7 rings (SSSR count). The number of carbonyl (C=O) groups is 1. The first-order chi connectivity index (χ1) is 22.9. The summed E-state index contributed by atoms with van der Waals surface area (Å²) >= 11 is 2.35. The Hall–Kier alpha value is -1.73. The summed E-state index contributed by atoms with van der Waals surface area (Å²) in [6.45, 7) is 0.963. The van der Waals surface area contributed by atoms with Gasteiger partial charge >= 0.3 is 0 Å². The molecule has 1 aromatic rings. The third-order valence-corrected chi connectivity index (χ3v) is 15.7. The number of nitrogens with two attached hydrogens (primary N) is 2. The lowest BCUT2D eigenvalue weighted by Gasteiger charge is -2.50. The Morgan fingerprint density at radius 2 is 1.55 bits per heavy atom. The summed E-state index contributed by atoms with van der Waals surface area (Å²) in [6.07, 6.45) is 26.7. The molecule has 5 unspecified atom stereocenters. The Balaban J connectivity index is 1.24. The molecular weight excluding hydrogens is 599 g/mol. The van der Waals surface area contributed by atoms with Crippen molar-refractivity contribution in [1.29, 1.82) is 5.41 Å². The van der Waals surface area contributed by atoms with Gasteiger partial charge in [-0.3, -0.25) is 10.2 Å². The number of amides is 1. The van der Waals surface area contributed by atoms with E-state index in [2.05, 4.69) is 40.2 Å². The monoisotopic (exact) mass is 661 g/mol. The van der Waals surface area contributed by atoms with Crippen molar-refractivity contribution in [2.75, 3.05) is 17.2 Å². The van der Waals surface area contributed by atoms with Crippen LogP contribution in [-0.4, -0.2) is 46.9 Å². The average molecular weight is 662 g/mol. The maximum absolute atomic E-state index is 14.9. The zero-order chi connectivity index (χ0) is 32.4. The highest BCUT2D eigenvalue weighted by molar-refractivity contribution is 8.00. The molecule has 6 aliphatic rings. The fraction of sp³-hybridized carbons (Fsp3) is 0.800. The van der Waals surface area contributed by atoms with E-state index in [-0.39, 0.29) is 35.8 Å². The minimum atomic E-state index is -0.185. The van der Waals surface area contributed by atoms with Crippen LogP contribution in [0, 0.1) is 29.1 Å². The van der Waals surface area contributed by atoms with E-state index in [0.29, 0.717) is 16.6 Å². The molecule has 0 spiro atoms. The smallest absolute Gasteiger partial charge is 0.243 e. The van der Waals surface area contributed by atoms with Crippen LogP contribution in [0.25, 0.3) is 0 Å². The van der Waals surface area contributed by atoms with Crippen molar-refractivity contribution >= 4 is 29.2 Å². The molecule has 0 radical (unpaired) electrons. The van der Waals surface area contributed by atoms with Crippen LogP contribution < -0.4 is 21.7 Å². The van der Waals surface area contributed by atoms with Gasteiger partial charge in [-0.1, -0.05) is 76.3 Å². The molecule has 0 bridgehead atoms. The molecule has 260 valence electrons. The number of amidine groups is 1. The van der Waals surface area contributed by atoms with Crippen molar-refractivity contribution in [2.45, 2.75) is 164 Å². The molecule has 5 fully saturated rings. The lowest BCUT2D eigenvalue weighted by molar-refractivity contribution is -0.124. The van der Waals surface area contributed by atoms with Gasteiger partial charge in [0.15, 0.2) is 0 Å². The lowest BCUT2D eigenvalue weighted by atomic mass is 9.64. The predicted molar refractivity (Wildman–Crippen MR) is 197 cm³/mol. The third kappa shape index (κ3) is 7.00. The highest BCUT2D eigenvalue weighted by atomic mass is 32.2. The number of benzene rings is 1. The molecule has 6 nitrogen and oxygen atoms in total. The van der Waals surface area contributed by atoms with Gasteiger partial charge in [0.05, 0.1) is 0 Å². The Kier molecular flexibility index (Phi) is 10.8. The topological polar surface area (TPSA) is 108 Å². The molecule has 1 amide bonds. The minimum Gasteiger partial charge on any atom is -0.384 e. The largest absolute Gasteiger partial charge is 0.384 e. The summed E-state index contributed by atoms with van der Waals surface area (Å²) in [5.41, 5.74) is 15.8. The molecule has 1 saturated heterocycles. The standard InChI is InChI=1S/C40H63N5OS/c41-31-17-19-32(20-18-31)44-39(46)37-36(27-11-6-2-1-3-7-12-27)33-21-16-28(38(42)43)25-35(33)45(37)26-29-13-10-23-40(34(29)22-24-47-40)30-14-8-4-5-9-15-30/h16,21,25,27,29-32,34,36-37H,1-15,17-20,22-24,26,41H2,(H3,42,43)(H,44,46)/t29?,31-,32-,34?,36?,37?,40?. The number of fused-ring (bicyclic) bond motifs is 2. The number of nitrogen functional groups attached to an aromatic ring is 1. The number of hydrogen-bond acceptors (Lipinski definition) is 5. The first-order valence-electron chi connectivity index (χ1n) is 19.9. The summed E-state index contributed by atoms with van der Waals surface area (Å²) in [4.78, 5) is 17.5. The van der Waals surface area contributed by atoms with Gasteiger partial charge in [-0.2, -0.15) is 11.8 Å². The maximum Gasteiger partial charge on any atom is 0.243 e. The Bertz CT molecular complexity index is 1230. The molecular formula is C40H63N5OS. The maximum atomic E-state index is 14.9. The van der Waals surface area contributed by atoms with E-state index >= 15 is 0 Å². The second-order valence-electron chi connectivity index (χ2n) is 16.6. The van der Waals surface area contributed by atoms with Crippen molar-refractivity contribution in [3.05, 3.63) is 29.3 Å². The summed E-state index contributed by atoms with van der Waals surface area (Å²) in [6, 6.07) is 6.82. The van der Waals surface area contributed by atoms with Gasteiger partial charge < -0.3 is 21.7 Å². The second-order valence-corrected chi connectivity index (χ2v) is 18.0. The molecule has 47 heavy (non-hydrogen) atoms. The number of hydrogen-bond donors (Lipinski definition) is 4. The van der Waals surface area contributed by atoms with Crippen molar-refractivity contribution < 1.29 is 4.79 Å². The van der Waals surface area contributed by atoms with E-state index in [1.807, 2.05) is 0 Å². The number of rotatable bonds is 7. The van der Waals surface area contributed by atoms with Crippen LogP contribution in [-0.2, 0) is 4.79 Å². The van der Waals surface area contributed by atoms with E-state index in [1.165, 1.54) is 126 Å². The van der Waals surface area contributed by atoms with Gasteiger partial charge in [0.25, 0.3) is 0 Å². The van der Waals surface area contributed by atoms with Gasteiger partial charge in [0.1, 0.15) is 11.9 Å². The normalized spacial score (nSPS) is 35.7. The molecule has 7 heteroatoms. The molecule has 1 aromatic carbocycles. The molecule has 2 heterocycles. The number of thioether (sulfide) groups is 1. The molecule has 4 aliphatic carbocycles. The van der Waals surface area contributed by atoms with E-state index < -0.39 is 0 Å². The van der Waals surface area contributed by atoms with Gasteiger partial charge in [0.2, 0.25) is 5.91 Å². The van der Waals surface area contributed by atoms with Crippen LogP contribution in [0.15, 0.2) is 18.2 Å². The SMILES string of the molecule is N=C(N)c1ccc2c(c1)N(CC1CCCC3(C4CCCCCC4)SCCC13)C(C(=O)N[C@H]1CC[C@H](N)CC1)C2C1CCCCCCC1. The van der Waals surface area contributed by atoms with Crippen molar-refractivity contribution in [1.82, 2.24) is 5.32 Å². The van der Waals surface area contributed by atoms with Crippen molar-refractivity contribution in [2.24, 2.45) is 35.1 Å². The van der Waals surface area contributed by atoms with E-state index in [1.54, 1.807) is 0 Å². The lowest BCUT2D eigenvalue weighted by Crippen LogP contribution is -2.55. The number of nitrogens with zero attached hydrogens (tertiary/aromatic N) is 1. The fourth-order valence-corrected chi connectivity index (χ4v) is 13.5.